The summed E-state index contributed by atoms with van der Waals surface area (Å²) in [6.07, 6.45) is 2.58. The summed E-state index contributed by atoms with van der Waals surface area (Å²) in [7, 11) is 0. The lowest BCUT2D eigenvalue weighted by atomic mass is 10.3. The maximum atomic E-state index is 5.59. The number of anilines is 1. The molecule has 0 fully saturated rings. The summed E-state index contributed by atoms with van der Waals surface area (Å²) in [5.41, 5.74) is 2.48. The van der Waals surface area contributed by atoms with Crippen LogP contribution >= 0.6 is 11.3 Å². The molecule has 0 aliphatic rings. The summed E-state index contributed by atoms with van der Waals surface area (Å²) >= 11 is 1.74. The lowest BCUT2D eigenvalue weighted by molar-refractivity contribution is 0.323. The highest BCUT2D eigenvalue weighted by Crippen LogP contribution is 2.15. The van der Waals surface area contributed by atoms with Gasteiger partial charge in [-0.1, -0.05) is 6.07 Å². The van der Waals surface area contributed by atoms with Crippen LogP contribution in [0, 0.1) is 0 Å². The summed E-state index contributed by atoms with van der Waals surface area (Å²) in [6.45, 7) is 0.661. The third kappa shape index (κ3) is 2.95. The number of nitrogens with zero attached hydrogens (tertiary/aromatic N) is 1. The van der Waals surface area contributed by atoms with Crippen LogP contribution in [0.1, 0.15) is 4.88 Å². The first-order valence-corrected chi connectivity index (χ1v) is 5.84. The van der Waals surface area contributed by atoms with Gasteiger partial charge in [-0.3, -0.25) is 0 Å². The van der Waals surface area contributed by atoms with Gasteiger partial charge in [0.25, 0.3) is 0 Å². The standard InChI is InChI=1S/C11H13N3OS/c12-14-11-8-9(3-5-13-11)15-6-4-10-2-1-7-16-10/h1-3,5,7-8H,4,6,12H2,(H,13,14). The Balaban J connectivity index is 1.85. The smallest absolute Gasteiger partial charge is 0.143 e. The summed E-state index contributed by atoms with van der Waals surface area (Å²) < 4.78 is 5.59. The molecule has 0 amide bonds. The Hall–Kier alpha value is -1.59. The van der Waals surface area contributed by atoms with Crippen molar-refractivity contribution in [1.29, 1.82) is 0 Å². The predicted molar refractivity (Wildman–Crippen MR) is 65.6 cm³/mol. The van der Waals surface area contributed by atoms with Crippen molar-refractivity contribution < 1.29 is 4.74 Å². The number of rotatable bonds is 5. The summed E-state index contributed by atoms with van der Waals surface area (Å²) in [5, 5.41) is 2.07. The lowest BCUT2D eigenvalue weighted by Crippen LogP contribution is -2.08. The molecule has 2 aromatic heterocycles. The number of hydrogen-bond acceptors (Lipinski definition) is 5. The number of aromatic nitrogens is 1. The molecule has 0 spiro atoms. The molecule has 0 aliphatic carbocycles. The zero-order chi connectivity index (χ0) is 11.2. The van der Waals surface area contributed by atoms with Crippen LogP contribution in [0.2, 0.25) is 0 Å². The number of ether oxygens (including phenoxy) is 1. The fourth-order valence-electron chi connectivity index (χ4n) is 1.30. The second-order valence-electron chi connectivity index (χ2n) is 3.20. The summed E-state index contributed by atoms with van der Waals surface area (Å²) in [5.74, 6) is 6.64. The average Bonchev–Trinajstić information content (AvgIpc) is 2.82. The highest BCUT2D eigenvalue weighted by Gasteiger charge is 1.98. The Kier molecular flexibility index (Phi) is 3.74. The van der Waals surface area contributed by atoms with Gasteiger partial charge in [-0.2, -0.15) is 0 Å². The molecule has 2 rings (SSSR count). The molecule has 0 aromatic carbocycles. The van der Waals surface area contributed by atoms with Gasteiger partial charge in [0.15, 0.2) is 0 Å². The Labute approximate surface area is 98.1 Å². The number of thiophene rings is 1. The molecule has 0 saturated carbocycles. The molecule has 2 heterocycles. The van der Waals surface area contributed by atoms with Crippen LogP contribution in [-0.2, 0) is 6.42 Å². The van der Waals surface area contributed by atoms with E-state index in [-0.39, 0.29) is 0 Å². The van der Waals surface area contributed by atoms with Crippen LogP contribution in [0.3, 0.4) is 0 Å². The Morgan fingerprint density at radius 1 is 1.44 bits per heavy atom. The highest BCUT2D eigenvalue weighted by atomic mass is 32.1. The molecular weight excluding hydrogens is 222 g/mol. The minimum atomic E-state index is 0.605. The van der Waals surface area contributed by atoms with Crippen molar-refractivity contribution in [3.8, 4) is 5.75 Å². The average molecular weight is 235 g/mol. The molecule has 5 heteroatoms. The van der Waals surface area contributed by atoms with E-state index >= 15 is 0 Å². The van der Waals surface area contributed by atoms with Crippen LogP contribution in [-0.4, -0.2) is 11.6 Å². The zero-order valence-corrected chi connectivity index (χ0v) is 9.54. The third-order valence-electron chi connectivity index (χ3n) is 2.08. The number of hydrogen-bond donors (Lipinski definition) is 2. The quantitative estimate of drug-likeness (QED) is 0.615. The van der Waals surface area contributed by atoms with Crippen molar-refractivity contribution >= 4 is 17.2 Å². The number of hydrazine groups is 1. The zero-order valence-electron chi connectivity index (χ0n) is 8.72. The molecule has 0 aliphatic heterocycles. The minimum absolute atomic E-state index is 0.605. The number of nitrogen functional groups attached to an aromatic ring is 1. The van der Waals surface area contributed by atoms with Crippen LogP contribution in [0.4, 0.5) is 5.82 Å². The first kappa shape index (κ1) is 10.9. The second-order valence-corrected chi connectivity index (χ2v) is 4.23. The van der Waals surface area contributed by atoms with Crippen LogP contribution in [0.15, 0.2) is 35.8 Å². The molecular formula is C11H13N3OS. The molecule has 16 heavy (non-hydrogen) atoms. The maximum Gasteiger partial charge on any atom is 0.143 e. The van der Waals surface area contributed by atoms with E-state index in [2.05, 4.69) is 21.9 Å². The van der Waals surface area contributed by atoms with Crippen molar-refractivity contribution in [1.82, 2.24) is 4.98 Å². The van der Waals surface area contributed by atoms with Gasteiger partial charge in [0.1, 0.15) is 11.6 Å². The fourth-order valence-corrected chi connectivity index (χ4v) is 1.99. The fraction of sp³-hybridized carbons (Fsp3) is 0.182. The van der Waals surface area contributed by atoms with Gasteiger partial charge in [0.2, 0.25) is 0 Å². The van der Waals surface area contributed by atoms with Crippen LogP contribution in [0.25, 0.3) is 0 Å². The predicted octanol–water partition coefficient (Wildman–Crippen LogP) is 2.05. The van der Waals surface area contributed by atoms with E-state index in [9.17, 15) is 0 Å². The normalized spacial score (nSPS) is 10.1. The molecule has 2 aromatic rings. The number of nitrogens with two attached hydrogens (primary N) is 1. The maximum absolute atomic E-state index is 5.59. The van der Waals surface area contributed by atoms with E-state index in [1.165, 1.54) is 4.88 Å². The molecule has 0 unspecified atom stereocenters. The summed E-state index contributed by atoms with van der Waals surface area (Å²) in [4.78, 5) is 5.33. The van der Waals surface area contributed by atoms with E-state index in [1.807, 2.05) is 12.1 Å². The SMILES string of the molecule is NNc1cc(OCCc2cccs2)ccn1. The lowest BCUT2D eigenvalue weighted by Gasteiger charge is -2.06. The van der Waals surface area contributed by atoms with Crippen LogP contribution in [0.5, 0.6) is 5.75 Å². The van der Waals surface area contributed by atoms with Crippen molar-refractivity contribution in [2.75, 3.05) is 12.0 Å². The molecule has 4 nitrogen and oxygen atoms in total. The second kappa shape index (κ2) is 5.48. The molecule has 3 N–H and O–H groups in total. The van der Waals surface area contributed by atoms with Crippen LogP contribution < -0.4 is 16.0 Å². The first-order valence-electron chi connectivity index (χ1n) is 4.96. The first-order chi connectivity index (χ1) is 7.88. The highest BCUT2D eigenvalue weighted by molar-refractivity contribution is 7.09. The molecule has 0 saturated heterocycles. The van der Waals surface area contributed by atoms with Crippen molar-refractivity contribution in [2.45, 2.75) is 6.42 Å². The Bertz CT molecular complexity index is 431. The van der Waals surface area contributed by atoms with Crippen molar-refractivity contribution in [3.05, 3.63) is 40.7 Å². The minimum Gasteiger partial charge on any atom is -0.493 e. The van der Waals surface area contributed by atoms with Gasteiger partial charge < -0.3 is 10.2 Å². The van der Waals surface area contributed by atoms with Gasteiger partial charge in [-0.05, 0) is 17.5 Å². The molecule has 84 valence electrons. The Morgan fingerprint density at radius 3 is 3.12 bits per heavy atom. The molecule has 0 bridgehead atoms. The molecule has 0 atom stereocenters. The number of nitrogens with one attached hydrogen (secondary N) is 1. The Morgan fingerprint density at radius 2 is 2.38 bits per heavy atom. The van der Waals surface area contributed by atoms with E-state index in [1.54, 1.807) is 23.6 Å². The van der Waals surface area contributed by atoms with E-state index < -0.39 is 0 Å². The molecule has 0 radical (unpaired) electrons. The van der Waals surface area contributed by atoms with Gasteiger partial charge in [0, 0.05) is 23.6 Å². The monoisotopic (exact) mass is 235 g/mol. The van der Waals surface area contributed by atoms with Gasteiger partial charge in [-0.15, -0.1) is 11.3 Å². The van der Waals surface area contributed by atoms with E-state index in [0.29, 0.717) is 12.4 Å². The van der Waals surface area contributed by atoms with E-state index in [4.69, 9.17) is 10.6 Å². The van der Waals surface area contributed by atoms with Gasteiger partial charge in [-0.25, -0.2) is 10.8 Å². The number of pyridine rings is 1. The largest absolute Gasteiger partial charge is 0.493 e. The topological polar surface area (TPSA) is 60.2 Å². The van der Waals surface area contributed by atoms with Crippen molar-refractivity contribution in [3.63, 3.8) is 0 Å². The van der Waals surface area contributed by atoms with Gasteiger partial charge >= 0.3 is 0 Å². The van der Waals surface area contributed by atoms with E-state index in [0.717, 1.165) is 12.2 Å². The van der Waals surface area contributed by atoms with Crippen molar-refractivity contribution in [2.24, 2.45) is 5.84 Å². The summed E-state index contributed by atoms with van der Waals surface area (Å²) in [6, 6.07) is 7.74. The van der Waals surface area contributed by atoms with Gasteiger partial charge in [0.05, 0.1) is 6.61 Å². The third-order valence-corrected chi connectivity index (χ3v) is 3.01.